The predicted molar refractivity (Wildman–Crippen MR) is 82.6 cm³/mol. The second kappa shape index (κ2) is 5.87. The van der Waals surface area contributed by atoms with Crippen LogP contribution in [0.5, 0.6) is 0 Å². The average molecular weight is 273 g/mol. The van der Waals surface area contributed by atoms with Crippen LogP contribution in [0.15, 0.2) is 24.3 Å². The summed E-state index contributed by atoms with van der Waals surface area (Å²) in [6, 6.07) is 8.81. The van der Waals surface area contributed by atoms with E-state index in [1.165, 1.54) is 36.8 Å². The Balaban J connectivity index is 1.66. The fraction of sp³-hybridized carbons (Fsp3) is 0.667. The first-order chi connectivity index (χ1) is 9.71. The Morgan fingerprint density at radius 3 is 2.60 bits per heavy atom. The molecule has 2 nitrogen and oxygen atoms in total. The zero-order chi connectivity index (χ0) is 14.0. The summed E-state index contributed by atoms with van der Waals surface area (Å²) in [5.74, 6) is 0.844. The largest absolute Gasteiger partial charge is 0.396 e. The van der Waals surface area contributed by atoms with Gasteiger partial charge in [0.1, 0.15) is 0 Å². The first-order valence-corrected chi connectivity index (χ1v) is 8.11. The van der Waals surface area contributed by atoms with Gasteiger partial charge in [0.15, 0.2) is 0 Å². The van der Waals surface area contributed by atoms with Crippen molar-refractivity contribution in [1.29, 1.82) is 0 Å². The van der Waals surface area contributed by atoms with Crippen molar-refractivity contribution in [3.63, 3.8) is 0 Å². The summed E-state index contributed by atoms with van der Waals surface area (Å²) in [5.41, 5.74) is 3.16. The van der Waals surface area contributed by atoms with Gasteiger partial charge in [-0.15, -0.1) is 0 Å². The molecule has 20 heavy (non-hydrogen) atoms. The minimum Gasteiger partial charge on any atom is -0.396 e. The molecule has 1 aromatic carbocycles. The topological polar surface area (TPSA) is 23.5 Å². The quantitative estimate of drug-likeness (QED) is 0.914. The Bertz CT molecular complexity index is 448. The lowest BCUT2D eigenvalue weighted by Gasteiger charge is -2.42. The number of nitrogens with zero attached hydrogens (tertiary/aromatic N) is 1. The van der Waals surface area contributed by atoms with Crippen LogP contribution in [0.1, 0.15) is 43.7 Å². The van der Waals surface area contributed by atoms with Crippen molar-refractivity contribution in [3.05, 3.63) is 35.4 Å². The van der Waals surface area contributed by atoms with Crippen LogP contribution in [0.2, 0.25) is 0 Å². The van der Waals surface area contributed by atoms with Crippen LogP contribution in [-0.2, 0) is 13.0 Å². The third-order valence-corrected chi connectivity index (χ3v) is 5.44. The highest BCUT2D eigenvalue weighted by atomic mass is 16.3. The molecular formula is C18H27NO. The molecule has 1 aliphatic heterocycles. The van der Waals surface area contributed by atoms with Crippen molar-refractivity contribution < 1.29 is 5.11 Å². The molecule has 2 heteroatoms. The maximum absolute atomic E-state index is 9.93. The van der Waals surface area contributed by atoms with E-state index >= 15 is 0 Å². The molecule has 1 N–H and O–H groups in total. The molecule has 2 aliphatic rings. The molecule has 0 bridgehead atoms. The molecule has 0 atom stereocenters. The maximum atomic E-state index is 9.93. The summed E-state index contributed by atoms with van der Waals surface area (Å²) in [7, 11) is 0. The van der Waals surface area contributed by atoms with Gasteiger partial charge in [0.05, 0.1) is 0 Å². The number of fused-ring (bicyclic) bond motifs is 1. The van der Waals surface area contributed by atoms with Crippen LogP contribution in [0.4, 0.5) is 0 Å². The number of aliphatic hydroxyl groups excluding tert-OH is 1. The summed E-state index contributed by atoms with van der Waals surface area (Å²) in [4.78, 5) is 2.56. The van der Waals surface area contributed by atoms with E-state index in [1.807, 2.05) is 0 Å². The third-order valence-electron chi connectivity index (χ3n) is 5.44. The van der Waals surface area contributed by atoms with E-state index in [9.17, 15) is 5.11 Å². The van der Waals surface area contributed by atoms with Gasteiger partial charge in [-0.2, -0.15) is 0 Å². The maximum Gasteiger partial charge on any atom is 0.0499 e. The Morgan fingerprint density at radius 1 is 1.20 bits per heavy atom. The van der Waals surface area contributed by atoms with Crippen LogP contribution in [0, 0.1) is 11.3 Å². The van der Waals surface area contributed by atoms with Crippen LogP contribution < -0.4 is 0 Å². The van der Waals surface area contributed by atoms with Gasteiger partial charge in [-0.25, -0.2) is 0 Å². The van der Waals surface area contributed by atoms with E-state index in [4.69, 9.17) is 0 Å². The summed E-state index contributed by atoms with van der Waals surface area (Å²) in [5, 5.41) is 9.93. The Hall–Kier alpha value is -0.860. The Kier molecular flexibility index (Phi) is 4.13. The zero-order valence-electron chi connectivity index (χ0n) is 12.6. The second-order valence-electron chi connectivity index (χ2n) is 7.07. The van der Waals surface area contributed by atoms with Crippen molar-refractivity contribution in [2.75, 3.05) is 19.7 Å². The lowest BCUT2D eigenvalue weighted by Crippen LogP contribution is -2.44. The van der Waals surface area contributed by atoms with Gasteiger partial charge < -0.3 is 5.11 Å². The first kappa shape index (κ1) is 14.1. The highest BCUT2D eigenvalue weighted by Gasteiger charge is 2.35. The molecule has 0 unspecified atom stereocenters. The Labute approximate surface area is 122 Å². The standard InChI is InChI=1S/C18H27NO/c1-15-6-9-18(14-20,10-7-15)13-19-11-8-16-4-2-3-5-17(16)12-19/h2-5,15,20H,6-14H2,1H3. The van der Waals surface area contributed by atoms with Crippen LogP contribution >= 0.6 is 0 Å². The van der Waals surface area contributed by atoms with Gasteiger partial charge in [-0.1, -0.05) is 44.0 Å². The van der Waals surface area contributed by atoms with Crippen LogP contribution in [0.25, 0.3) is 0 Å². The highest BCUT2D eigenvalue weighted by molar-refractivity contribution is 5.29. The summed E-state index contributed by atoms with van der Waals surface area (Å²) in [6.07, 6.45) is 6.12. The van der Waals surface area contributed by atoms with Crippen molar-refractivity contribution in [2.45, 2.75) is 45.6 Å². The van der Waals surface area contributed by atoms with E-state index in [-0.39, 0.29) is 5.41 Å². The summed E-state index contributed by atoms with van der Waals surface area (Å²) < 4.78 is 0. The molecule has 0 radical (unpaired) electrons. The number of benzene rings is 1. The molecule has 110 valence electrons. The lowest BCUT2D eigenvalue weighted by molar-refractivity contribution is 0.0253. The third kappa shape index (κ3) is 2.91. The smallest absolute Gasteiger partial charge is 0.0499 e. The SMILES string of the molecule is CC1CCC(CO)(CN2CCc3ccccc3C2)CC1. The van der Waals surface area contributed by atoms with Gasteiger partial charge in [0.2, 0.25) is 0 Å². The predicted octanol–water partition coefficient (Wildman–Crippen LogP) is 3.23. The van der Waals surface area contributed by atoms with E-state index in [1.54, 1.807) is 0 Å². The molecule has 0 aromatic heterocycles. The van der Waals surface area contributed by atoms with E-state index < -0.39 is 0 Å². The molecule has 1 saturated carbocycles. The molecule has 1 heterocycles. The van der Waals surface area contributed by atoms with Gasteiger partial charge in [-0.05, 0) is 36.3 Å². The van der Waals surface area contributed by atoms with Crippen molar-refractivity contribution in [3.8, 4) is 0 Å². The number of hydrogen-bond donors (Lipinski definition) is 1. The normalized spacial score (nSPS) is 31.0. The van der Waals surface area contributed by atoms with E-state index in [2.05, 4.69) is 36.1 Å². The molecule has 1 aliphatic carbocycles. The molecule has 0 spiro atoms. The fourth-order valence-electron chi connectivity index (χ4n) is 3.90. The van der Waals surface area contributed by atoms with Gasteiger partial charge in [0.25, 0.3) is 0 Å². The summed E-state index contributed by atoms with van der Waals surface area (Å²) >= 11 is 0. The van der Waals surface area contributed by atoms with Crippen molar-refractivity contribution in [1.82, 2.24) is 4.90 Å². The van der Waals surface area contributed by atoms with E-state index in [0.717, 1.165) is 32.0 Å². The van der Waals surface area contributed by atoms with Crippen LogP contribution in [-0.4, -0.2) is 29.7 Å². The number of rotatable bonds is 3. The van der Waals surface area contributed by atoms with Gasteiger partial charge >= 0.3 is 0 Å². The second-order valence-corrected chi connectivity index (χ2v) is 7.07. The zero-order valence-corrected chi connectivity index (χ0v) is 12.6. The van der Waals surface area contributed by atoms with Gasteiger partial charge in [-0.3, -0.25) is 4.90 Å². The molecule has 3 rings (SSSR count). The minimum atomic E-state index is 0.165. The summed E-state index contributed by atoms with van der Waals surface area (Å²) in [6.45, 7) is 5.99. The minimum absolute atomic E-state index is 0.165. The average Bonchev–Trinajstić information content (AvgIpc) is 2.50. The molecule has 1 aromatic rings. The molecule has 0 saturated heterocycles. The van der Waals surface area contributed by atoms with Crippen molar-refractivity contribution in [2.24, 2.45) is 11.3 Å². The number of hydrogen-bond acceptors (Lipinski definition) is 2. The van der Waals surface area contributed by atoms with Gasteiger partial charge in [0, 0.05) is 31.7 Å². The fourth-order valence-corrected chi connectivity index (χ4v) is 3.90. The monoisotopic (exact) mass is 273 g/mol. The highest BCUT2D eigenvalue weighted by Crippen LogP contribution is 2.39. The van der Waals surface area contributed by atoms with Crippen LogP contribution in [0.3, 0.4) is 0 Å². The van der Waals surface area contributed by atoms with E-state index in [0.29, 0.717) is 6.61 Å². The molecule has 0 amide bonds. The molecule has 1 fully saturated rings. The first-order valence-electron chi connectivity index (χ1n) is 8.11. The van der Waals surface area contributed by atoms with Crippen molar-refractivity contribution >= 4 is 0 Å². The number of aliphatic hydroxyl groups is 1. The molecular weight excluding hydrogens is 246 g/mol. The Morgan fingerprint density at radius 2 is 1.90 bits per heavy atom. The lowest BCUT2D eigenvalue weighted by atomic mass is 9.71.